The number of nitrogens with zero attached hydrogens (tertiary/aromatic N) is 4. The molecule has 0 radical (unpaired) electrons. The average Bonchev–Trinajstić information content (AvgIpc) is 2.83. The number of carbonyl (C=O) groups excluding carboxylic acids is 3. The lowest BCUT2D eigenvalue weighted by atomic mass is 10.7. The van der Waals surface area contributed by atoms with Crippen molar-refractivity contribution in [1.82, 2.24) is 25.5 Å². The fourth-order valence-corrected chi connectivity index (χ4v) is 1.71. The summed E-state index contributed by atoms with van der Waals surface area (Å²) in [6, 6.07) is 0. The van der Waals surface area contributed by atoms with E-state index in [4.69, 9.17) is 0 Å². The second-order valence-corrected chi connectivity index (χ2v) is 4.20. The zero-order valence-corrected chi connectivity index (χ0v) is 11.7. The average molecular weight is 303 g/mol. The zero-order chi connectivity index (χ0) is 15.0. The van der Waals surface area contributed by atoms with Crippen molar-refractivity contribution >= 4 is 29.7 Å². The molecule has 0 fully saturated rings. The predicted octanol–water partition coefficient (Wildman–Crippen LogP) is -0.789. The Labute approximate surface area is 118 Å². The van der Waals surface area contributed by atoms with E-state index in [1.807, 2.05) is 5.32 Å². The van der Waals surface area contributed by atoms with Gasteiger partial charge in [-0.25, -0.2) is 9.48 Å². The molecule has 0 saturated carbocycles. The normalized spacial score (nSPS) is 9.90. The standard InChI is InChI=1S/C9H13N5O5S/c1-3-19-9(17)10-6(15)5-20-8-11-12-13-14(8)4-7(16)18-2/h3-5H2,1-2H3,(H,10,15,17). The molecule has 0 aromatic carbocycles. The second-order valence-electron chi connectivity index (χ2n) is 3.25. The molecule has 2 amide bonds. The van der Waals surface area contributed by atoms with Gasteiger partial charge >= 0.3 is 12.1 Å². The fraction of sp³-hybridized carbons (Fsp3) is 0.556. The van der Waals surface area contributed by atoms with E-state index < -0.39 is 18.0 Å². The molecule has 11 heteroatoms. The van der Waals surface area contributed by atoms with Gasteiger partial charge in [0.2, 0.25) is 11.1 Å². The number of hydrogen-bond donors (Lipinski definition) is 1. The maximum atomic E-state index is 11.4. The highest BCUT2D eigenvalue weighted by atomic mass is 32.2. The smallest absolute Gasteiger partial charge is 0.413 e. The van der Waals surface area contributed by atoms with Crippen LogP contribution in [0.1, 0.15) is 6.92 Å². The van der Waals surface area contributed by atoms with Crippen LogP contribution >= 0.6 is 11.8 Å². The number of ether oxygens (including phenoxy) is 2. The number of tetrazole rings is 1. The number of esters is 1. The highest BCUT2D eigenvalue weighted by molar-refractivity contribution is 7.99. The Morgan fingerprint density at radius 1 is 1.40 bits per heavy atom. The van der Waals surface area contributed by atoms with Crippen LogP contribution in [0.3, 0.4) is 0 Å². The highest BCUT2D eigenvalue weighted by Crippen LogP contribution is 2.12. The van der Waals surface area contributed by atoms with Crippen molar-refractivity contribution in [1.29, 1.82) is 0 Å². The fourth-order valence-electron chi connectivity index (χ4n) is 1.03. The monoisotopic (exact) mass is 303 g/mol. The van der Waals surface area contributed by atoms with Crippen LogP contribution < -0.4 is 5.32 Å². The molecular weight excluding hydrogens is 290 g/mol. The summed E-state index contributed by atoms with van der Waals surface area (Å²) in [6.07, 6.45) is -0.813. The van der Waals surface area contributed by atoms with Crippen LogP contribution in [0, 0.1) is 0 Å². The summed E-state index contributed by atoms with van der Waals surface area (Å²) < 4.78 is 10.2. The molecule has 0 aliphatic rings. The predicted molar refractivity (Wildman–Crippen MR) is 65.7 cm³/mol. The maximum absolute atomic E-state index is 11.4. The largest absolute Gasteiger partial charge is 0.468 e. The molecule has 1 rings (SSSR count). The highest BCUT2D eigenvalue weighted by Gasteiger charge is 2.14. The van der Waals surface area contributed by atoms with Crippen molar-refractivity contribution < 1.29 is 23.9 Å². The summed E-state index contributed by atoms with van der Waals surface area (Å²) in [6.45, 7) is 1.63. The van der Waals surface area contributed by atoms with E-state index in [0.717, 1.165) is 11.8 Å². The molecule has 0 unspecified atom stereocenters. The van der Waals surface area contributed by atoms with Gasteiger partial charge in [-0.3, -0.25) is 14.9 Å². The number of nitrogens with one attached hydrogen (secondary N) is 1. The number of carbonyl (C=O) groups is 3. The molecule has 1 aromatic heterocycles. The number of imide groups is 1. The van der Waals surface area contributed by atoms with Gasteiger partial charge in [0.25, 0.3) is 0 Å². The topological polar surface area (TPSA) is 125 Å². The van der Waals surface area contributed by atoms with Gasteiger partial charge in [-0.1, -0.05) is 11.8 Å². The van der Waals surface area contributed by atoms with E-state index in [2.05, 4.69) is 25.0 Å². The first-order valence-electron chi connectivity index (χ1n) is 5.49. The molecule has 20 heavy (non-hydrogen) atoms. The van der Waals surface area contributed by atoms with Crippen LogP contribution in [0.5, 0.6) is 0 Å². The van der Waals surface area contributed by atoms with E-state index in [1.54, 1.807) is 6.92 Å². The van der Waals surface area contributed by atoms with Gasteiger partial charge in [-0.15, -0.1) is 5.10 Å². The lowest BCUT2D eigenvalue weighted by Gasteiger charge is -2.04. The number of methoxy groups -OCH3 is 1. The van der Waals surface area contributed by atoms with Crippen molar-refractivity contribution in [2.45, 2.75) is 18.6 Å². The minimum atomic E-state index is -0.813. The van der Waals surface area contributed by atoms with E-state index >= 15 is 0 Å². The molecule has 1 heterocycles. The number of thioether (sulfide) groups is 1. The maximum Gasteiger partial charge on any atom is 0.413 e. The summed E-state index contributed by atoms with van der Waals surface area (Å²) in [7, 11) is 1.24. The number of hydrogen-bond acceptors (Lipinski definition) is 9. The summed E-state index contributed by atoms with van der Waals surface area (Å²) >= 11 is 0.974. The Balaban J connectivity index is 2.45. The van der Waals surface area contributed by atoms with Crippen LogP contribution in [0.2, 0.25) is 0 Å². The number of rotatable bonds is 6. The van der Waals surface area contributed by atoms with Crippen LogP contribution in [-0.4, -0.2) is 57.6 Å². The first-order chi connectivity index (χ1) is 9.56. The Hall–Kier alpha value is -2.17. The van der Waals surface area contributed by atoms with Crippen LogP contribution in [0.15, 0.2) is 5.16 Å². The number of amides is 2. The van der Waals surface area contributed by atoms with Gasteiger partial charge in [0.1, 0.15) is 6.54 Å². The van der Waals surface area contributed by atoms with E-state index in [1.165, 1.54) is 11.8 Å². The molecular formula is C9H13N5O5S. The van der Waals surface area contributed by atoms with Gasteiger partial charge in [-0.2, -0.15) is 0 Å². The van der Waals surface area contributed by atoms with Gasteiger partial charge in [0.05, 0.1) is 19.5 Å². The molecule has 0 spiro atoms. The minimum absolute atomic E-state index is 0.0969. The third kappa shape index (κ3) is 5.22. The van der Waals surface area contributed by atoms with Gasteiger partial charge in [0, 0.05) is 0 Å². The van der Waals surface area contributed by atoms with Crippen molar-refractivity contribution in [3.63, 3.8) is 0 Å². The zero-order valence-electron chi connectivity index (χ0n) is 10.9. The SMILES string of the molecule is CCOC(=O)NC(=O)CSc1nnnn1CC(=O)OC. The molecule has 0 aliphatic heterocycles. The Bertz CT molecular complexity index is 491. The van der Waals surface area contributed by atoms with E-state index in [-0.39, 0.29) is 24.1 Å². The van der Waals surface area contributed by atoms with Gasteiger partial charge in [-0.05, 0) is 17.4 Å². The molecule has 1 N–H and O–H groups in total. The summed E-state index contributed by atoms with van der Waals surface area (Å²) in [5, 5.41) is 12.9. The van der Waals surface area contributed by atoms with Crippen LogP contribution in [0.4, 0.5) is 4.79 Å². The summed E-state index contributed by atoms with van der Waals surface area (Å²) in [5.74, 6) is -1.17. The van der Waals surface area contributed by atoms with Gasteiger partial charge in [0.15, 0.2) is 0 Å². The Morgan fingerprint density at radius 2 is 2.15 bits per heavy atom. The van der Waals surface area contributed by atoms with Crippen molar-refractivity contribution in [2.75, 3.05) is 19.5 Å². The number of aromatic nitrogens is 4. The van der Waals surface area contributed by atoms with E-state index in [0.29, 0.717) is 0 Å². The quantitative estimate of drug-likeness (QED) is 0.531. The molecule has 0 aliphatic carbocycles. The molecule has 110 valence electrons. The molecule has 10 nitrogen and oxygen atoms in total. The first kappa shape index (κ1) is 15.9. The molecule has 0 atom stereocenters. The summed E-state index contributed by atoms with van der Waals surface area (Å²) in [4.78, 5) is 33.5. The molecule has 1 aromatic rings. The molecule has 0 bridgehead atoms. The summed E-state index contributed by atoms with van der Waals surface area (Å²) in [5.41, 5.74) is 0. The Morgan fingerprint density at radius 3 is 2.80 bits per heavy atom. The Kier molecular flexibility index (Phi) is 6.43. The lowest BCUT2D eigenvalue weighted by molar-refractivity contribution is -0.141. The van der Waals surface area contributed by atoms with Crippen molar-refractivity contribution in [3.8, 4) is 0 Å². The minimum Gasteiger partial charge on any atom is -0.468 e. The van der Waals surface area contributed by atoms with Crippen LogP contribution in [-0.2, 0) is 25.6 Å². The second kappa shape index (κ2) is 8.09. The third-order valence-electron chi connectivity index (χ3n) is 1.85. The van der Waals surface area contributed by atoms with Crippen LogP contribution in [0.25, 0.3) is 0 Å². The van der Waals surface area contributed by atoms with E-state index in [9.17, 15) is 14.4 Å². The number of alkyl carbamates (subject to hydrolysis) is 1. The lowest BCUT2D eigenvalue weighted by Crippen LogP contribution is -2.32. The third-order valence-corrected chi connectivity index (χ3v) is 2.81. The molecule has 0 saturated heterocycles. The van der Waals surface area contributed by atoms with Crippen molar-refractivity contribution in [2.24, 2.45) is 0 Å². The van der Waals surface area contributed by atoms with Gasteiger partial charge < -0.3 is 9.47 Å². The van der Waals surface area contributed by atoms with Crippen molar-refractivity contribution in [3.05, 3.63) is 0 Å². The first-order valence-corrected chi connectivity index (χ1v) is 6.47.